The second-order valence-electron chi connectivity index (χ2n) is 6.03. The number of pyridine rings is 1. The Balaban J connectivity index is 1.27. The molecule has 1 unspecified atom stereocenters. The molecule has 3 N–H and O–H groups in total. The van der Waals surface area contributed by atoms with Crippen LogP contribution in [0, 0.1) is 0 Å². The fourth-order valence-electron chi connectivity index (χ4n) is 2.99. The first-order valence-electron chi connectivity index (χ1n) is 7.69. The van der Waals surface area contributed by atoms with E-state index in [0.717, 1.165) is 36.7 Å². The molecule has 126 valence electrons. The molecule has 0 aliphatic carbocycles. The third-order valence-corrected chi connectivity index (χ3v) is 4.87. The van der Waals surface area contributed by atoms with Crippen LogP contribution in [-0.2, 0) is 6.54 Å². The van der Waals surface area contributed by atoms with Crippen LogP contribution in [0.2, 0.25) is 15.2 Å². The first-order chi connectivity index (χ1) is 11.6. The van der Waals surface area contributed by atoms with E-state index < -0.39 is 0 Å². The van der Waals surface area contributed by atoms with Crippen molar-refractivity contribution in [2.75, 3.05) is 23.7 Å². The highest BCUT2D eigenvalue weighted by Gasteiger charge is 2.35. The Morgan fingerprint density at radius 2 is 1.83 bits per heavy atom. The lowest BCUT2D eigenvalue weighted by Crippen LogP contribution is -2.63. The molecule has 2 aliphatic heterocycles. The Morgan fingerprint density at radius 3 is 2.58 bits per heavy atom. The Labute approximate surface area is 155 Å². The number of nitrogens with one attached hydrogen (secondary N) is 3. The molecule has 0 spiro atoms. The van der Waals surface area contributed by atoms with Gasteiger partial charge in [-0.3, -0.25) is 4.90 Å². The maximum atomic E-state index is 6.03. The van der Waals surface area contributed by atoms with E-state index in [1.54, 1.807) is 12.1 Å². The van der Waals surface area contributed by atoms with Crippen molar-refractivity contribution in [3.8, 4) is 0 Å². The summed E-state index contributed by atoms with van der Waals surface area (Å²) in [5.74, 6) is 0.803. The predicted molar refractivity (Wildman–Crippen MR) is 98.9 cm³/mol. The smallest absolute Gasteiger partial charge is 0.156 e. The predicted octanol–water partition coefficient (Wildman–Crippen LogP) is 3.64. The van der Waals surface area contributed by atoms with Gasteiger partial charge in [0.05, 0.1) is 5.69 Å². The fourth-order valence-corrected chi connectivity index (χ4v) is 3.70. The third kappa shape index (κ3) is 3.41. The summed E-state index contributed by atoms with van der Waals surface area (Å²) in [4.78, 5) is 6.58. The molecule has 2 aromatic rings. The van der Waals surface area contributed by atoms with Gasteiger partial charge in [0.25, 0.3) is 0 Å². The molecule has 5 nitrogen and oxygen atoms in total. The zero-order valence-corrected chi connectivity index (χ0v) is 15.0. The average Bonchev–Trinajstić information content (AvgIpc) is 2.87. The van der Waals surface area contributed by atoms with Crippen molar-refractivity contribution < 1.29 is 0 Å². The molecule has 1 fully saturated rings. The van der Waals surface area contributed by atoms with Crippen LogP contribution >= 0.6 is 34.8 Å². The number of benzene rings is 1. The average molecular weight is 385 g/mol. The van der Waals surface area contributed by atoms with Gasteiger partial charge in [0.2, 0.25) is 0 Å². The number of aromatic nitrogens is 1. The van der Waals surface area contributed by atoms with Crippen molar-refractivity contribution in [1.82, 2.24) is 15.2 Å². The second-order valence-corrected chi connectivity index (χ2v) is 7.29. The van der Waals surface area contributed by atoms with Gasteiger partial charge in [-0.1, -0.05) is 34.8 Å². The van der Waals surface area contributed by atoms with E-state index in [-0.39, 0.29) is 6.29 Å². The second kappa shape index (κ2) is 6.58. The molecule has 0 bridgehead atoms. The van der Waals surface area contributed by atoms with Gasteiger partial charge in [0.15, 0.2) is 12.1 Å². The minimum absolute atomic E-state index is 0.0598. The Hall–Kier alpha value is -1.24. The first-order valence-corrected chi connectivity index (χ1v) is 8.82. The van der Waals surface area contributed by atoms with Crippen LogP contribution in [0.15, 0.2) is 30.3 Å². The quantitative estimate of drug-likeness (QED) is 0.703. The molecule has 4 rings (SSSR count). The minimum atomic E-state index is 0.0598. The molecule has 0 amide bonds. The maximum absolute atomic E-state index is 6.03. The summed E-state index contributed by atoms with van der Waals surface area (Å²) in [6.45, 7) is 2.64. The molecule has 24 heavy (non-hydrogen) atoms. The van der Waals surface area contributed by atoms with Crippen LogP contribution in [0.1, 0.15) is 5.56 Å². The van der Waals surface area contributed by atoms with E-state index >= 15 is 0 Å². The minimum Gasteiger partial charge on any atom is -0.350 e. The molecule has 0 radical (unpaired) electrons. The van der Waals surface area contributed by atoms with Crippen molar-refractivity contribution in [3.63, 3.8) is 0 Å². The number of rotatable bonds is 4. The number of fused-ring (bicyclic) bond motifs is 1. The molecule has 1 saturated heterocycles. The van der Waals surface area contributed by atoms with Gasteiger partial charge in [0.1, 0.15) is 5.15 Å². The van der Waals surface area contributed by atoms with Gasteiger partial charge >= 0.3 is 0 Å². The summed E-state index contributed by atoms with van der Waals surface area (Å²) >= 11 is 18.0. The van der Waals surface area contributed by atoms with Gasteiger partial charge in [-0.2, -0.15) is 0 Å². The third-order valence-electron chi connectivity index (χ3n) is 4.22. The molecule has 1 aromatic heterocycles. The zero-order chi connectivity index (χ0) is 16.7. The summed E-state index contributed by atoms with van der Waals surface area (Å²) in [6, 6.07) is 9.77. The van der Waals surface area contributed by atoms with Crippen LogP contribution in [0.3, 0.4) is 0 Å². The van der Waals surface area contributed by atoms with Crippen LogP contribution in [0.25, 0.3) is 0 Å². The van der Waals surface area contributed by atoms with Gasteiger partial charge in [-0.05, 0) is 35.9 Å². The normalized spacial score (nSPS) is 20.2. The number of nitrogens with zero attached hydrogens (tertiary/aromatic N) is 2. The highest BCUT2D eigenvalue weighted by atomic mass is 35.5. The number of hydrogen-bond donors (Lipinski definition) is 3. The summed E-state index contributed by atoms with van der Waals surface area (Å²) in [6.07, 6.45) is 0.0598. The highest BCUT2D eigenvalue weighted by molar-refractivity contribution is 6.34. The van der Waals surface area contributed by atoms with Crippen molar-refractivity contribution >= 4 is 46.3 Å². The fraction of sp³-hybridized carbons (Fsp3) is 0.312. The maximum Gasteiger partial charge on any atom is 0.156 e. The number of anilines is 2. The van der Waals surface area contributed by atoms with Crippen molar-refractivity contribution in [3.05, 3.63) is 51.1 Å². The highest BCUT2D eigenvalue weighted by Crippen LogP contribution is 2.30. The van der Waals surface area contributed by atoms with Gasteiger partial charge in [-0.25, -0.2) is 4.98 Å². The van der Waals surface area contributed by atoms with E-state index in [9.17, 15) is 0 Å². The summed E-state index contributed by atoms with van der Waals surface area (Å²) in [5.41, 5.74) is 2.07. The SMILES string of the molecule is Clc1cc(Cl)cc(CNC2CN(C3Nc4ccc(Cl)nc4N3)C2)c1. The monoisotopic (exact) mass is 383 g/mol. The molecule has 8 heteroatoms. The summed E-state index contributed by atoms with van der Waals surface area (Å²) < 4.78 is 0. The van der Waals surface area contributed by atoms with E-state index in [2.05, 4.69) is 25.8 Å². The first kappa shape index (κ1) is 16.2. The van der Waals surface area contributed by atoms with E-state index in [1.807, 2.05) is 18.2 Å². The topological polar surface area (TPSA) is 52.2 Å². The van der Waals surface area contributed by atoms with Crippen LogP contribution in [0.4, 0.5) is 11.5 Å². The molecule has 2 aliphatic rings. The Morgan fingerprint density at radius 1 is 1.08 bits per heavy atom. The molecule has 1 aromatic carbocycles. The summed E-state index contributed by atoms with van der Waals surface area (Å²) in [7, 11) is 0. The van der Waals surface area contributed by atoms with Gasteiger partial charge < -0.3 is 16.0 Å². The molecule has 3 heterocycles. The Kier molecular flexibility index (Phi) is 4.45. The van der Waals surface area contributed by atoms with E-state index in [1.165, 1.54) is 0 Å². The van der Waals surface area contributed by atoms with E-state index in [4.69, 9.17) is 34.8 Å². The standard InChI is InChI=1S/C16H16Cl3N5/c17-10-3-9(4-11(18)5-10)6-20-12-7-24(8-12)16-21-13-1-2-14(19)22-15(13)23-16/h1-5,12,16,20-21H,6-8H2,(H,22,23). The lowest BCUT2D eigenvalue weighted by molar-refractivity contribution is 0.101. The lowest BCUT2D eigenvalue weighted by Gasteiger charge is -2.43. The van der Waals surface area contributed by atoms with Crippen molar-refractivity contribution in [2.45, 2.75) is 18.9 Å². The van der Waals surface area contributed by atoms with Crippen LogP contribution < -0.4 is 16.0 Å². The number of likely N-dealkylation sites (tertiary alicyclic amines) is 1. The molecular formula is C16H16Cl3N5. The molecule has 1 atom stereocenters. The van der Waals surface area contributed by atoms with Crippen molar-refractivity contribution in [1.29, 1.82) is 0 Å². The van der Waals surface area contributed by atoms with Crippen molar-refractivity contribution in [2.24, 2.45) is 0 Å². The van der Waals surface area contributed by atoms with Gasteiger partial charge in [-0.15, -0.1) is 0 Å². The van der Waals surface area contributed by atoms with Crippen LogP contribution in [-0.4, -0.2) is 35.3 Å². The lowest BCUT2D eigenvalue weighted by atomic mass is 10.1. The molecular weight excluding hydrogens is 369 g/mol. The largest absolute Gasteiger partial charge is 0.350 e. The Bertz CT molecular complexity index is 743. The zero-order valence-electron chi connectivity index (χ0n) is 12.7. The van der Waals surface area contributed by atoms with Gasteiger partial charge in [0, 0.05) is 35.7 Å². The number of halogens is 3. The van der Waals surface area contributed by atoms with E-state index in [0.29, 0.717) is 21.2 Å². The summed E-state index contributed by atoms with van der Waals surface area (Å²) in [5, 5.41) is 12.1. The number of hydrogen-bond acceptors (Lipinski definition) is 5. The van der Waals surface area contributed by atoms with Crippen LogP contribution in [0.5, 0.6) is 0 Å². The molecule has 0 saturated carbocycles.